The van der Waals surface area contributed by atoms with Gasteiger partial charge in [0.05, 0.1) is 5.69 Å². The number of hydrogen-bond acceptors (Lipinski definition) is 4. The molecule has 1 aromatic heterocycles. The molecule has 0 atom stereocenters. The Morgan fingerprint density at radius 2 is 1.90 bits per heavy atom. The van der Waals surface area contributed by atoms with Crippen LogP contribution in [0.3, 0.4) is 0 Å². The Labute approximate surface area is 119 Å². The van der Waals surface area contributed by atoms with Gasteiger partial charge in [-0.05, 0) is 18.6 Å². The van der Waals surface area contributed by atoms with Crippen molar-refractivity contribution in [3.63, 3.8) is 0 Å². The highest BCUT2D eigenvalue weighted by Crippen LogP contribution is 2.24. The summed E-state index contributed by atoms with van der Waals surface area (Å²) in [5.74, 6) is 0. The molecule has 6 heteroatoms. The molecular formula is C14H17N3O2S. The van der Waals surface area contributed by atoms with E-state index >= 15 is 0 Å². The van der Waals surface area contributed by atoms with Crippen molar-refractivity contribution in [1.82, 2.24) is 4.98 Å². The van der Waals surface area contributed by atoms with E-state index in [0.29, 0.717) is 18.8 Å². The van der Waals surface area contributed by atoms with E-state index in [-0.39, 0.29) is 4.90 Å². The number of hydrogen-bond donors (Lipinski definition) is 1. The average Bonchev–Trinajstić information content (AvgIpc) is 2.45. The lowest BCUT2D eigenvalue weighted by Gasteiger charge is -2.24. The highest BCUT2D eigenvalue weighted by atomic mass is 32.2. The van der Waals surface area contributed by atoms with E-state index in [4.69, 9.17) is 5.14 Å². The van der Waals surface area contributed by atoms with Crippen molar-refractivity contribution in [3.8, 4) is 0 Å². The molecule has 0 saturated carbocycles. The Balaban J connectivity index is 2.38. The lowest BCUT2D eigenvalue weighted by atomic mass is 10.2. The number of nitrogens with zero attached hydrogens (tertiary/aromatic N) is 2. The van der Waals surface area contributed by atoms with Gasteiger partial charge in [0, 0.05) is 25.5 Å². The second-order valence-electron chi connectivity index (χ2n) is 4.39. The maximum absolute atomic E-state index is 11.6. The van der Waals surface area contributed by atoms with Gasteiger partial charge in [0.25, 0.3) is 0 Å². The SMILES string of the molecule is CCN(Cc1ccccc1)c1ccncc1S(N)(=O)=O. The van der Waals surface area contributed by atoms with Gasteiger partial charge in [-0.15, -0.1) is 0 Å². The summed E-state index contributed by atoms with van der Waals surface area (Å²) in [5, 5.41) is 5.25. The summed E-state index contributed by atoms with van der Waals surface area (Å²) in [6.45, 7) is 3.25. The lowest BCUT2D eigenvalue weighted by Crippen LogP contribution is -2.25. The van der Waals surface area contributed by atoms with Crippen LogP contribution in [0.25, 0.3) is 0 Å². The minimum absolute atomic E-state index is 0.0535. The fourth-order valence-corrected chi connectivity index (χ4v) is 2.72. The van der Waals surface area contributed by atoms with E-state index in [1.165, 1.54) is 6.20 Å². The van der Waals surface area contributed by atoms with Crippen molar-refractivity contribution >= 4 is 15.7 Å². The van der Waals surface area contributed by atoms with Crippen molar-refractivity contribution in [3.05, 3.63) is 54.4 Å². The largest absolute Gasteiger partial charge is 0.366 e. The first kappa shape index (κ1) is 14.5. The monoisotopic (exact) mass is 291 g/mol. The van der Waals surface area contributed by atoms with Crippen LogP contribution in [0.4, 0.5) is 5.69 Å². The molecular weight excluding hydrogens is 274 g/mol. The Hall–Kier alpha value is -1.92. The van der Waals surface area contributed by atoms with Crippen molar-refractivity contribution in [2.24, 2.45) is 5.14 Å². The molecule has 2 N–H and O–H groups in total. The predicted molar refractivity (Wildman–Crippen MR) is 78.8 cm³/mol. The second kappa shape index (κ2) is 6.02. The van der Waals surface area contributed by atoms with Crippen LogP contribution in [0.2, 0.25) is 0 Å². The van der Waals surface area contributed by atoms with E-state index in [1.54, 1.807) is 12.3 Å². The number of nitrogens with two attached hydrogens (primary N) is 1. The molecule has 0 bridgehead atoms. The van der Waals surface area contributed by atoms with E-state index in [1.807, 2.05) is 42.2 Å². The van der Waals surface area contributed by atoms with E-state index < -0.39 is 10.0 Å². The predicted octanol–water partition coefficient (Wildman–Crippen LogP) is 1.76. The highest BCUT2D eigenvalue weighted by Gasteiger charge is 2.18. The molecule has 0 amide bonds. The molecule has 0 saturated heterocycles. The third-order valence-corrected chi connectivity index (χ3v) is 3.94. The number of benzene rings is 1. The minimum atomic E-state index is -3.79. The van der Waals surface area contributed by atoms with Crippen molar-refractivity contribution < 1.29 is 8.42 Å². The first-order valence-corrected chi connectivity index (χ1v) is 7.82. The summed E-state index contributed by atoms with van der Waals surface area (Å²) in [6, 6.07) is 11.5. The van der Waals surface area contributed by atoms with Crippen molar-refractivity contribution in [2.45, 2.75) is 18.4 Å². The minimum Gasteiger partial charge on any atom is -0.366 e. The zero-order valence-electron chi connectivity index (χ0n) is 11.2. The molecule has 0 radical (unpaired) electrons. The number of pyridine rings is 1. The van der Waals surface area contributed by atoms with Gasteiger partial charge in [-0.3, -0.25) is 4.98 Å². The number of anilines is 1. The quantitative estimate of drug-likeness (QED) is 0.910. The van der Waals surface area contributed by atoms with Gasteiger partial charge in [-0.25, -0.2) is 13.6 Å². The highest BCUT2D eigenvalue weighted by molar-refractivity contribution is 7.89. The lowest BCUT2D eigenvalue weighted by molar-refractivity contribution is 0.596. The Kier molecular flexibility index (Phi) is 4.36. The molecule has 0 aliphatic heterocycles. The molecule has 20 heavy (non-hydrogen) atoms. The van der Waals surface area contributed by atoms with Crippen LogP contribution in [0, 0.1) is 0 Å². The summed E-state index contributed by atoms with van der Waals surface area (Å²) < 4.78 is 23.3. The molecule has 2 aromatic rings. The number of rotatable bonds is 5. The molecule has 0 fully saturated rings. The first-order chi connectivity index (χ1) is 9.52. The van der Waals surface area contributed by atoms with Gasteiger partial charge in [0.1, 0.15) is 4.90 Å². The topological polar surface area (TPSA) is 76.3 Å². The summed E-state index contributed by atoms with van der Waals surface area (Å²) in [4.78, 5) is 5.86. The Bertz CT molecular complexity index is 672. The smallest absolute Gasteiger partial charge is 0.241 e. The number of aromatic nitrogens is 1. The summed E-state index contributed by atoms with van der Waals surface area (Å²) >= 11 is 0. The molecule has 1 aromatic carbocycles. The van der Waals surface area contributed by atoms with E-state index in [2.05, 4.69) is 4.98 Å². The maximum Gasteiger partial charge on any atom is 0.241 e. The molecule has 0 aliphatic carbocycles. The zero-order chi connectivity index (χ0) is 14.6. The van der Waals surface area contributed by atoms with E-state index in [9.17, 15) is 8.42 Å². The molecule has 0 spiro atoms. The van der Waals surface area contributed by atoms with E-state index in [0.717, 1.165) is 5.56 Å². The first-order valence-electron chi connectivity index (χ1n) is 6.28. The molecule has 0 aliphatic rings. The molecule has 0 unspecified atom stereocenters. The van der Waals surface area contributed by atoms with Crippen molar-refractivity contribution in [1.29, 1.82) is 0 Å². The van der Waals surface area contributed by atoms with Gasteiger partial charge < -0.3 is 4.90 Å². The maximum atomic E-state index is 11.6. The third-order valence-electron chi connectivity index (χ3n) is 3.01. The van der Waals surface area contributed by atoms with Crippen LogP contribution >= 0.6 is 0 Å². The summed E-state index contributed by atoms with van der Waals surface area (Å²) in [7, 11) is -3.79. The van der Waals surface area contributed by atoms with Crippen LogP contribution in [0.1, 0.15) is 12.5 Å². The second-order valence-corrected chi connectivity index (χ2v) is 5.92. The molecule has 5 nitrogen and oxygen atoms in total. The fourth-order valence-electron chi connectivity index (χ4n) is 2.02. The Morgan fingerprint density at radius 3 is 2.50 bits per heavy atom. The van der Waals surface area contributed by atoms with Gasteiger partial charge in [0.2, 0.25) is 10.0 Å². The Morgan fingerprint density at radius 1 is 1.20 bits per heavy atom. The van der Waals surface area contributed by atoms with Crippen LogP contribution in [-0.2, 0) is 16.6 Å². The van der Waals surface area contributed by atoms with Gasteiger partial charge in [0.15, 0.2) is 0 Å². The third kappa shape index (κ3) is 3.34. The summed E-state index contributed by atoms with van der Waals surface area (Å²) in [5.41, 5.74) is 1.68. The fraction of sp³-hybridized carbons (Fsp3) is 0.214. The van der Waals surface area contributed by atoms with Crippen LogP contribution in [0.15, 0.2) is 53.7 Å². The molecule has 106 valence electrons. The van der Waals surface area contributed by atoms with Crippen LogP contribution in [0.5, 0.6) is 0 Å². The van der Waals surface area contributed by atoms with Gasteiger partial charge in [-0.2, -0.15) is 0 Å². The standard InChI is InChI=1S/C14H17N3O2S/c1-2-17(11-12-6-4-3-5-7-12)13-8-9-16-10-14(13)20(15,18)19/h3-10H,2,11H2,1H3,(H2,15,18,19). The number of sulfonamides is 1. The zero-order valence-corrected chi connectivity index (χ0v) is 12.0. The average molecular weight is 291 g/mol. The van der Waals surface area contributed by atoms with Crippen molar-refractivity contribution in [2.75, 3.05) is 11.4 Å². The van der Waals surface area contributed by atoms with Crippen LogP contribution < -0.4 is 10.0 Å². The van der Waals surface area contributed by atoms with Crippen LogP contribution in [-0.4, -0.2) is 19.9 Å². The molecule has 1 heterocycles. The summed E-state index contributed by atoms with van der Waals surface area (Å²) in [6.07, 6.45) is 2.86. The number of primary sulfonamides is 1. The molecule has 2 rings (SSSR count). The normalized spacial score (nSPS) is 11.3. The van der Waals surface area contributed by atoms with Gasteiger partial charge in [-0.1, -0.05) is 30.3 Å². The van der Waals surface area contributed by atoms with Gasteiger partial charge >= 0.3 is 0 Å².